The Bertz CT molecular complexity index is 1190. The number of nitrogens with zero attached hydrogens (tertiary/aromatic N) is 1. The van der Waals surface area contributed by atoms with Crippen LogP contribution in [-0.2, 0) is 9.59 Å². The monoisotopic (exact) mass is 434 g/mol. The Morgan fingerprint density at radius 1 is 0.806 bits per heavy atom. The fourth-order valence-electron chi connectivity index (χ4n) is 3.45. The number of nitrogens with one attached hydrogen (secondary N) is 1. The molecule has 0 aromatic heterocycles. The molecule has 0 saturated carbocycles. The van der Waals surface area contributed by atoms with E-state index in [1.165, 1.54) is 14.2 Å². The van der Waals surface area contributed by atoms with Gasteiger partial charge >= 0.3 is 0 Å². The number of rotatable bonds is 6. The number of halogens is 1. The maximum absolute atomic E-state index is 13.5. The number of benzene rings is 3. The van der Waals surface area contributed by atoms with Gasteiger partial charge in [-0.3, -0.25) is 9.59 Å². The second-order valence-corrected chi connectivity index (χ2v) is 7.11. The summed E-state index contributed by atoms with van der Waals surface area (Å²) in [5.41, 5.74) is 1.90. The van der Waals surface area contributed by atoms with E-state index in [-0.39, 0.29) is 11.3 Å². The van der Waals surface area contributed by atoms with Crippen molar-refractivity contribution >= 4 is 40.4 Å². The first-order valence-corrected chi connectivity index (χ1v) is 9.85. The highest BCUT2D eigenvalue weighted by molar-refractivity contribution is 6.46. The molecule has 156 valence electrons. The Morgan fingerprint density at radius 3 is 2.16 bits per heavy atom. The minimum Gasteiger partial charge on any atom is -0.496 e. The third kappa shape index (κ3) is 3.73. The van der Waals surface area contributed by atoms with Gasteiger partial charge in [0.1, 0.15) is 17.2 Å². The van der Waals surface area contributed by atoms with Gasteiger partial charge in [0.25, 0.3) is 11.8 Å². The lowest BCUT2D eigenvalue weighted by Gasteiger charge is -2.15. The predicted molar refractivity (Wildman–Crippen MR) is 120 cm³/mol. The van der Waals surface area contributed by atoms with Gasteiger partial charge < -0.3 is 14.8 Å². The lowest BCUT2D eigenvalue weighted by Crippen LogP contribution is -2.32. The predicted octanol–water partition coefficient (Wildman–Crippen LogP) is 4.75. The zero-order valence-corrected chi connectivity index (χ0v) is 17.6. The fraction of sp³-hybridized carbons (Fsp3) is 0.0833. The van der Waals surface area contributed by atoms with Crippen molar-refractivity contribution in [2.24, 2.45) is 0 Å². The minimum atomic E-state index is -0.468. The van der Waals surface area contributed by atoms with Crippen molar-refractivity contribution in [3.05, 3.63) is 89.1 Å². The van der Waals surface area contributed by atoms with Crippen LogP contribution in [0.1, 0.15) is 5.56 Å². The summed E-state index contributed by atoms with van der Waals surface area (Å²) in [6, 6.07) is 20.9. The van der Waals surface area contributed by atoms with Crippen LogP contribution in [0.15, 0.2) is 78.5 Å². The number of carbonyl (C=O) groups is 2. The molecule has 3 aromatic rings. The van der Waals surface area contributed by atoms with Gasteiger partial charge in [0.05, 0.1) is 30.5 Å². The smallest absolute Gasteiger partial charge is 0.282 e. The van der Waals surface area contributed by atoms with E-state index in [0.29, 0.717) is 33.5 Å². The van der Waals surface area contributed by atoms with Gasteiger partial charge in [-0.25, -0.2) is 4.90 Å². The molecular weight excluding hydrogens is 416 g/mol. The summed E-state index contributed by atoms with van der Waals surface area (Å²) in [6.45, 7) is 0. The molecule has 3 aromatic carbocycles. The third-order valence-corrected chi connectivity index (χ3v) is 5.19. The van der Waals surface area contributed by atoms with E-state index < -0.39 is 11.8 Å². The molecule has 0 unspecified atom stereocenters. The lowest BCUT2D eigenvalue weighted by molar-refractivity contribution is -0.120. The minimum absolute atomic E-state index is 0.139. The molecule has 1 aliphatic heterocycles. The number of amides is 2. The SMILES string of the molecule is COc1ccc(NC2=C(c3ccccc3OC)C(=O)N(c3ccccc3)C2=O)cc1Cl. The highest BCUT2D eigenvalue weighted by Crippen LogP contribution is 2.38. The standard InChI is InChI=1S/C24H19ClN2O4/c1-30-19-11-7-6-10-17(19)21-22(26-15-12-13-20(31-2)18(25)14-15)24(29)27(23(21)28)16-8-4-3-5-9-16/h3-14,26H,1-2H3. The number of carbonyl (C=O) groups excluding carboxylic acids is 2. The third-order valence-electron chi connectivity index (χ3n) is 4.90. The topological polar surface area (TPSA) is 67.9 Å². The second-order valence-electron chi connectivity index (χ2n) is 6.71. The van der Waals surface area contributed by atoms with Crippen LogP contribution in [-0.4, -0.2) is 26.0 Å². The summed E-state index contributed by atoms with van der Waals surface area (Å²) < 4.78 is 10.6. The summed E-state index contributed by atoms with van der Waals surface area (Å²) in [6.07, 6.45) is 0. The van der Waals surface area contributed by atoms with E-state index in [2.05, 4.69) is 5.32 Å². The van der Waals surface area contributed by atoms with Crippen molar-refractivity contribution in [1.82, 2.24) is 0 Å². The normalized spacial score (nSPS) is 13.6. The molecule has 0 atom stereocenters. The van der Waals surface area contributed by atoms with E-state index in [0.717, 1.165) is 4.90 Å². The number of hydrogen-bond acceptors (Lipinski definition) is 5. The molecule has 1 heterocycles. The van der Waals surface area contributed by atoms with Crippen LogP contribution in [0, 0.1) is 0 Å². The van der Waals surface area contributed by atoms with Crippen LogP contribution >= 0.6 is 11.6 Å². The Labute approximate surface area is 184 Å². The molecule has 0 spiro atoms. The molecule has 1 N–H and O–H groups in total. The van der Waals surface area contributed by atoms with Crippen LogP contribution < -0.4 is 19.7 Å². The van der Waals surface area contributed by atoms with E-state index >= 15 is 0 Å². The summed E-state index contributed by atoms with van der Waals surface area (Å²) in [4.78, 5) is 28.0. The van der Waals surface area contributed by atoms with Crippen molar-refractivity contribution in [1.29, 1.82) is 0 Å². The van der Waals surface area contributed by atoms with Crippen LogP contribution in [0.3, 0.4) is 0 Å². The number of para-hydroxylation sites is 2. The molecule has 31 heavy (non-hydrogen) atoms. The van der Waals surface area contributed by atoms with Gasteiger partial charge in [0, 0.05) is 11.3 Å². The maximum atomic E-state index is 13.5. The Balaban J connectivity index is 1.85. The Hall–Kier alpha value is -3.77. The highest BCUT2D eigenvalue weighted by Gasteiger charge is 2.41. The van der Waals surface area contributed by atoms with Crippen LogP contribution in [0.4, 0.5) is 11.4 Å². The summed E-state index contributed by atoms with van der Waals surface area (Å²) >= 11 is 6.24. The summed E-state index contributed by atoms with van der Waals surface area (Å²) in [5, 5.41) is 3.46. The molecule has 0 radical (unpaired) electrons. The fourth-order valence-corrected chi connectivity index (χ4v) is 3.70. The average Bonchev–Trinajstić information content (AvgIpc) is 3.03. The molecule has 0 aliphatic carbocycles. The van der Waals surface area contributed by atoms with Crippen LogP contribution in [0.5, 0.6) is 11.5 Å². The molecule has 4 rings (SSSR count). The van der Waals surface area contributed by atoms with E-state index in [4.69, 9.17) is 21.1 Å². The molecular formula is C24H19ClN2O4. The highest BCUT2D eigenvalue weighted by atomic mass is 35.5. The van der Waals surface area contributed by atoms with Crippen molar-refractivity contribution < 1.29 is 19.1 Å². The molecule has 7 heteroatoms. The Morgan fingerprint density at radius 2 is 1.48 bits per heavy atom. The number of hydrogen-bond donors (Lipinski definition) is 1. The second kappa shape index (κ2) is 8.53. The maximum Gasteiger partial charge on any atom is 0.282 e. The van der Waals surface area contributed by atoms with Gasteiger partial charge in [-0.2, -0.15) is 0 Å². The first kappa shape index (κ1) is 20.5. The van der Waals surface area contributed by atoms with Gasteiger partial charge in [0.2, 0.25) is 0 Å². The number of ether oxygens (including phenoxy) is 2. The van der Waals surface area contributed by atoms with Crippen LogP contribution in [0.2, 0.25) is 5.02 Å². The zero-order valence-electron chi connectivity index (χ0n) is 16.9. The average molecular weight is 435 g/mol. The largest absolute Gasteiger partial charge is 0.496 e. The van der Waals surface area contributed by atoms with Crippen molar-refractivity contribution in [3.8, 4) is 11.5 Å². The van der Waals surface area contributed by atoms with Crippen molar-refractivity contribution in [3.63, 3.8) is 0 Å². The van der Waals surface area contributed by atoms with E-state index in [1.54, 1.807) is 66.7 Å². The Kier molecular flexibility index (Phi) is 5.64. The first-order chi connectivity index (χ1) is 15.0. The molecule has 0 bridgehead atoms. The van der Waals surface area contributed by atoms with E-state index in [1.807, 2.05) is 6.07 Å². The zero-order chi connectivity index (χ0) is 22.0. The molecule has 0 fully saturated rings. The first-order valence-electron chi connectivity index (χ1n) is 9.47. The molecule has 6 nitrogen and oxygen atoms in total. The van der Waals surface area contributed by atoms with Gasteiger partial charge in [0.15, 0.2) is 0 Å². The van der Waals surface area contributed by atoms with Crippen molar-refractivity contribution in [2.75, 3.05) is 24.4 Å². The lowest BCUT2D eigenvalue weighted by atomic mass is 10.0. The number of methoxy groups -OCH3 is 2. The van der Waals surface area contributed by atoms with Crippen LogP contribution in [0.25, 0.3) is 5.57 Å². The summed E-state index contributed by atoms with van der Waals surface area (Å²) in [5.74, 6) is 0.0818. The van der Waals surface area contributed by atoms with Gasteiger partial charge in [-0.05, 0) is 36.4 Å². The summed E-state index contributed by atoms with van der Waals surface area (Å²) in [7, 11) is 3.04. The van der Waals surface area contributed by atoms with Crippen molar-refractivity contribution in [2.45, 2.75) is 0 Å². The molecule has 2 amide bonds. The van der Waals surface area contributed by atoms with E-state index in [9.17, 15) is 9.59 Å². The molecule has 0 saturated heterocycles. The van der Waals surface area contributed by atoms with Gasteiger partial charge in [-0.1, -0.05) is 48.0 Å². The number of imide groups is 1. The van der Waals surface area contributed by atoms with Gasteiger partial charge in [-0.15, -0.1) is 0 Å². The quantitative estimate of drug-likeness (QED) is 0.567. The molecule has 1 aliphatic rings. The number of anilines is 2.